The minimum Gasteiger partial charge on any atom is -0.455 e. The second kappa shape index (κ2) is 8.34. The van der Waals surface area contributed by atoms with Crippen molar-refractivity contribution in [3.05, 3.63) is 53.4 Å². The smallest absolute Gasteiger partial charge is 0.266 e. The van der Waals surface area contributed by atoms with Gasteiger partial charge in [-0.1, -0.05) is 30.3 Å². The minimum absolute atomic E-state index is 0.0692. The molecule has 2 aromatic heterocycles. The molecular formula is C21H22N4O4S. The van der Waals surface area contributed by atoms with Crippen molar-refractivity contribution >= 4 is 15.9 Å². The fraction of sp³-hybridized carbons (Fsp3) is 0.333. The average Bonchev–Trinajstić information content (AvgIpc) is 3.48. The SMILES string of the molecule is Cc1oc(-c2nc(C#N)c(NCCc3ccccc3)o2)cc1S(=O)(=O)N1CCCC1. The van der Waals surface area contributed by atoms with Crippen molar-refractivity contribution in [1.82, 2.24) is 9.29 Å². The van der Waals surface area contributed by atoms with E-state index in [0.717, 1.165) is 24.8 Å². The van der Waals surface area contributed by atoms with Crippen LogP contribution >= 0.6 is 0 Å². The number of anilines is 1. The van der Waals surface area contributed by atoms with Crippen LogP contribution < -0.4 is 5.32 Å². The van der Waals surface area contributed by atoms with Crippen LogP contribution in [0.2, 0.25) is 0 Å². The number of rotatable bonds is 7. The molecule has 1 aliphatic heterocycles. The lowest BCUT2D eigenvalue weighted by Gasteiger charge is -2.14. The second-order valence-corrected chi connectivity index (χ2v) is 9.02. The molecule has 0 aliphatic carbocycles. The topological polar surface area (TPSA) is 112 Å². The number of benzene rings is 1. The van der Waals surface area contributed by atoms with Gasteiger partial charge in [0.15, 0.2) is 5.76 Å². The van der Waals surface area contributed by atoms with Gasteiger partial charge in [0.2, 0.25) is 21.6 Å². The van der Waals surface area contributed by atoms with E-state index < -0.39 is 10.0 Å². The molecule has 0 radical (unpaired) electrons. The molecule has 0 saturated carbocycles. The summed E-state index contributed by atoms with van der Waals surface area (Å²) in [5.41, 5.74) is 1.25. The maximum absolute atomic E-state index is 12.9. The number of nitrogens with zero attached hydrogens (tertiary/aromatic N) is 3. The maximum Gasteiger partial charge on any atom is 0.266 e. The van der Waals surface area contributed by atoms with E-state index in [9.17, 15) is 13.7 Å². The molecule has 1 aromatic carbocycles. The number of hydrogen-bond acceptors (Lipinski definition) is 7. The maximum atomic E-state index is 12.9. The first-order chi connectivity index (χ1) is 14.5. The number of furan rings is 1. The Bertz CT molecular complexity index is 1170. The van der Waals surface area contributed by atoms with Gasteiger partial charge in [0.25, 0.3) is 5.89 Å². The van der Waals surface area contributed by atoms with Crippen molar-refractivity contribution in [2.75, 3.05) is 25.0 Å². The number of oxazole rings is 1. The lowest BCUT2D eigenvalue weighted by Crippen LogP contribution is -2.27. The van der Waals surface area contributed by atoms with Crippen LogP contribution in [0.15, 0.2) is 50.1 Å². The molecule has 30 heavy (non-hydrogen) atoms. The quantitative estimate of drug-likeness (QED) is 0.615. The molecule has 8 nitrogen and oxygen atoms in total. The van der Waals surface area contributed by atoms with Crippen molar-refractivity contribution in [3.8, 4) is 17.7 Å². The van der Waals surface area contributed by atoms with E-state index in [2.05, 4.69) is 10.3 Å². The summed E-state index contributed by atoms with van der Waals surface area (Å²) < 4.78 is 38.5. The van der Waals surface area contributed by atoms with Gasteiger partial charge in [-0.3, -0.25) is 0 Å². The van der Waals surface area contributed by atoms with Gasteiger partial charge in [-0.25, -0.2) is 8.42 Å². The van der Waals surface area contributed by atoms with Crippen molar-refractivity contribution < 1.29 is 17.3 Å². The Labute approximate surface area is 175 Å². The first-order valence-corrected chi connectivity index (χ1v) is 11.2. The molecule has 1 aliphatic rings. The van der Waals surface area contributed by atoms with Gasteiger partial charge in [0, 0.05) is 25.7 Å². The molecule has 0 amide bonds. The van der Waals surface area contributed by atoms with Crippen LogP contribution in [0, 0.1) is 18.3 Å². The van der Waals surface area contributed by atoms with E-state index in [0.29, 0.717) is 19.6 Å². The molecule has 1 N–H and O–H groups in total. The standard InChI is InChI=1S/C21H22N4O4S/c1-15-19(30(26,27)25-11-5-6-12-25)13-18(28-15)21-24-17(14-22)20(29-21)23-10-9-16-7-3-2-4-8-16/h2-4,7-8,13,23H,5-6,9-12H2,1H3. The molecule has 1 saturated heterocycles. The number of aryl methyl sites for hydroxylation is 1. The lowest BCUT2D eigenvalue weighted by molar-refractivity contribution is 0.469. The van der Waals surface area contributed by atoms with Gasteiger partial charge in [-0.2, -0.15) is 14.6 Å². The highest BCUT2D eigenvalue weighted by Gasteiger charge is 2.32. The Kier molecular flexibility index (Phi) is 5.61. The zero-order valence-corrected chi connectivity index (χ0v) is 17.4. The van der Waals surface area contributed by atoms with Crippen LogP contribution in [0.3, 0.4) is 0 Å². The van der Waals surface area contributed by atoms with Crippen molar-refractivity contribution in [2.24, 2.45) is 0 Å². The van der Waals surface area contributed by atoms with E-state index >= 15 is 0 Å². The Morgan fingerprint density at radius 2 is 1.93 bits per heavy atom. The molecule has 3 heterocycles. The number of hydrogen-bond donors (Lipinski definition) is 1. The largest absolute Gasteiger partial charge is 0.455 e. The summed E-state index contributed by atoms with van der Waals surface area (Å²) in [5, 5.41) is 12.5. The van der Waals surface area contributed by atoms with E-state index in [4.69, 9.17) is 8.83 Å². The highest BCUT2D eigenvalue weighted by atomic mass is 32.2. The monoisotopic (exact) mass is 426 g/mol. The van der Waals surface area contributed by atoms with E-state index in [1.165, 1.54) is 10.4 Å². The zero-order chi connectivity index (χ0) is 21.1. The zero-order valence-electron chi connectivity index (χ0n) is 16.6. The number of nitrogens with one attached hydrogen (secondary N) is 1. The van der Waals surface area contributed by atoms with Crippen molar-refractivity contribution in [2.45, 2.75) is 31.1 Å². The van der Waals surface area contributed by atoms with Crippen LogP contribution in [-0.2, 0) is 16.4 Å². The third-order valence-electron chi connectivity index (χ3n) is 5.04. The molecule has 0 spiro atoms. The summed E-state index contributed by atoms with van der Waals surface area (Å²) in [6, 6.07) is 13.3. The highest BCUT2D eigenvalue weighted by Crippen LogP contribution is 2.32. The third-order valence-corrected chi connectivity index (χ3v) is 7.05. The second-order valence-electron chi connectivity index (χ2n) is 7.11. The number of sulfonamides is 1. The predicted octanol–water partition coefficient (Wildman–Crippen LogP) is 3.55. The molecule has 0 atom stereocenters. The fourth-order valence-corrected chi connectivity index (χ4v) is 5.16. The summed E-state index contributed by atoms with van der Waals surface area (Å²) in [5.74, 6) is 0.756. The lowest BCUT2D eigenvalue weighted by atomic mass is 10.1. The fourth-order valence-electron chi connectivity index (χ4n) is 3.48. The van der Waals surface area contributed by atoms with Gasteiger partial charge in [0.1, 0.15) is 16.7 Å². The summed E-state index contributed by atoms with van der Waals surface area (Å²) in [6.45, 7) is 3.17. The van der Waals surface area contributed by atoms with Crippen LogP contribution in [0.4, 0.5) is 5.88 Å². The van der Waals surface area contributed by atoms with Crippen LogP contribution in [-0.4, -0.2) is 37.3 Å². The molecule has 4 rings (SSSR count). The van der Waals surface area contributed by atoms with Gasteiger partial charge in [-0.05, 0) is 31.7 Å². The number of nitriles is 1. The Hall–Kier alpha value is -3.09. The molecule has 1 fully saturated rings. The third kappa shape index (κ3) is 3.97. The summed E-state index contributed by atoms with van der Waals surface area (Å²) in [7, 11) is -3.62. The van der Waals surface area contributed by atoms with Gasteiger partial charge >= 0.3 is 0 Å². The van der Waals surface area contributed by atoms with Crippen LogP contribution in [0.5, 0.6) is 0 Å². The van der Waals surface area contributed by atoms with Gasteiger partial charge in [-0.15, -0.1) is 0 Å². The summed E-state index contributed by atoms with van der Waals surface area (Å²) in [4.78, 5) is 4.27. The van der Waals surface area contributed by atoms with E-state index in [1.807, 2.05) is 36.4 Å². The predicted molar refractivity (Wildman–Crippen MR) is 110 cm³/mol. The van der Waals surface area contributed by atoms with Crippen molar-refractivity contribution in [1.29, 1.82) is 5.26 Å². The average molecular weight is 426 g/mol. The molecule has 0 bridgehead atoms. The minimum atomic E-state index is -3.62. The van der Waals surface area contributed by atoms with Gasteiger partial charge in [0.05, 0.1) is 0 Å². The molecule has 156 valence electrons. The van der Waals surface area contributed by atoms with Gasteiger partial charge < -0.3 is 14.2 Å². The van der Waals surface area contributed by atoms with E-state index in [-0.39, 0.29) is 33.9 Å². The first-order valence-electron chi connectivity index (χ1n) is 9.78. The normalized spacial score (nSPS) is 14.7. The summed E-state index contributed by atoms with van der Waals surface area (Å²) >= 11 is 0. The Morgan fingerprint density at radius 1 is 1.20 bits per heavy atom. The van der Waals surface area contributed by atoms with Crippen molar-refractivity contribution in [3.63, 3.8) is 0 Å². The molecule has 0 unspecified atom stereocenters. The Morgan fingerprint density at radius 3 is 2.63 bits per heavy atom. The summed E-state index contributed by atoms with van der Waals surface area (Å²) in [6.07, 6.45) is 2.46. The first kappa shape index (κ1) is 20.2. The highest BCUT2D eigenvalue weighted by molar-refractivity contribution is 7.89. The van der Waals surface area contributed by atoms with E-state index in [1.54, 1.807) is 6.92 Å². The molecule has 9 heteroatoms. The molecule has 3 aromatic rings. The van der Waals surface area contributed by atoms with Crippen LogP contribution in [0.1, 0.15) is 29.9 Å². The van der Waals surface area contributed by atoms with Crippen LogP contribution in [0.25, 0.3) is 11.7 Å². The molecular weight excluding hydrogens is 404 g/mol. The number of aromatic nitrogens is 1. The Balaban J connectivity index is 1.54.